The van der Waals surface area contributed by atoms with Crippen LogP contribution in [0.15, 0.2) is 53.4 Å². The molecule has 150 valence electrons. The van der Waals surface area contributed by atoms with E-state index in [4.69, 9.17) is 4.42 Å². The molecule has 0 unspecified atom stereocenters. The summed E-state index contributed by atoms with van der Waals surface area (Å²) >= 11 is 0. The Balaban J connectivity index is 1.31. The molecule has 1 amide bonds. The zero-order chi connectivity index (χ0) is 20.2. The number of hydrogen-bond acceptors (Lipinski definition) is 7. The van der Waals surface area contributed by atoms with Crippen molar-refractivity contribution in [3.05, 3.63) is 76.0 Å². The van der Waals surface area contributed by atoms with Gasteiger partial charge < -0.3 is 19.4 Å². The summed E-state index contributed by atoms with van der Waals surface area (Å²) in [6, 6.07) is 11.0. The molecular weight excluding hydrogens is 376 g/mol. The molecule has 1 saturated heterocycles. The number of piperazine rings is 1. The van der Waals surface area contributed by atoms with Gasteiger partial charge in [0.1, 0.15) is 5.76 Å². The number of furan rings is 1. The Labute approximate surface area is 166 Å². The van der Waals surface area contributed by atoms with E-state index in [1.165, 1.54) is 11.0 Å². The maximum atomic E-state index is 12.8. The molecule has 3 heterocycles. The van der Waals surface area contributed by atoms with Crippen LogP contribution in [0.4, 0.5) is 5.95 Å². The van der Waals surface area contributed by atoms with Gasteiger partial charge in [0.15, 0.2) is 0 Å². The average Bonchev–Trinajstić information content (AvgIpc) is 3.41. The van der Waals surface area contributed by atoms with Crippen LogP contribution < -0.4 is 0 Å². The number of nitro groups is 1. The van der Waals surface area contributed by atoms with Gasteiger partial charge in [-0.05, 0) is 34.8 Å². The lowest BCUT2D eigenvalue weighted by Crippen LogP contribution is -2.48. The van der Waals surface area contributed by atoms with Crippen LogP contribution in [0.25, 0.3) is 0 Å². The molecule has 0 aliphatic carbocycles. The zero-order valence-electron chi connectivity index (χ0n) is 15.7. The van der Waals surface area contributed by atoms with Crippen molar-refractivity contribution in [2.24, 2.45) is 0 Å². The Bertz CT molecular complexity index is 975. The molecular formula is C19H20N6O4. The Morgan fingerprint density at radius 3 is 2.48 bits per heavy atom. The van der Waals surface area contributed by atoms with Gasteiger partial charge in [0.25, 0.3) is 5.91 Å². The fourth-order valence-corrected chi connectivity index (χ4v) is 3.30. The largest absolute Gasteiger partial charge is 0.490 e. The third-order valence-electron chi connectivity index (χ3n) is 4.85. The van der Waals surface area contributed by atoms with Gasteiger partial charge in [0.2, 0.25) is 6.33 Å². The first-order valence-corrected chi connectivity index (χ1v) is 9.25. The lowest BCUT2D eigenvalue weighted by atomic mass is 10.1. The maximum absolute atomic E-state index is 12.8. The number of benzene rings is 1. The summed E-state index contributed by atoms with van der Waals surface area (Å²) in [4.78, 5) is 30.5. The Hall–Kier alpha value is -3.53. The molecule has 1 aromatic carbocycles. The Morgan fingerprint density at radius 2 is 1.86 bits per heavy atom. The number of hydrogen-bond donors (Lipinski definition) is 0. The molecule has 0 atom stereocenters. The van der Waals surface area contributed by atoms with Gasteiger partial charge in [-0.1, -0.05) is 17.1 Å². The number of carbonyl (C=O) groups is 1. The van der Waals surface area contributed by atoms with Crippen LogP contribution in [0.3, 0.4) is 0 Å². The van der Waals surface area contributed by atoms with Crippen molar-refractivity contribution in [2.45, 2.75) is 13.1 Å². The van der Waals surface area contributed by atoms with Crippen molar-refractivity contribution in [3.8, 4) is 0 Å². The molecule has 3 aromatic rings. The van der Waals surface area contributed by atoms with Crippen molar-refractivity contribution >= 4 is 11.9 Å². The fourth-order valence-electron chi connectivity index (χ4n) is 3.30. The van der Waals surface area contributed by atoms with Crippen LogP contribution >= 0.6 is 0 Å². The number of amides is 1. The van der Waals surface area contributed by atoms with Crippen molar-refractivity contribution in [2.75, 3.05) is 26.2 Å². The van der Waals surface area contributed by atoms with Crippen LogP contribution in [0.5, 0.6) is 0 Å². The summed E-state index contributed by atoms with van der Waals surface area (Å²) in [6.07, 6.45) is 2.99. The molecule has 1 fully saturated rings. The first-order chi connectivity index (χ1) is 14.1. The van der Waals surface area contributed by atoms with Crippen LogP contribution in [-0.2, 0) is 13.1 Å². The van der Waals surface area contributed by atoms with E-state index in [2.05, 4.69) is 15.0 Å². The smallest absolute Gasteiger partial charge is 0.468 e. The highest BCUT2D eigenvalue weighted by molar-refractivity contribution is 5.94. The van der Waals surface area contributed by atoms with Gasteiger partial charge in [0.05, 0.1) is 19.4 Å². The SMILES string of the molecule is O=C(c1ccc(Cn2cnc([N+](=O)[O-])n2)cc1)N1CCN(Cc2ccco2)CC1. The third kappa shape index (κ3) is 4.49. The highest BCUT2D eigenvalue weighted by Gasteiger charge is 2.22. The molecule has 1 aliphatic rings. The van der Waals surface area contributed by atoms with E-state index in [1.807, 2.05) is 29.2 Å². The number of nitrogens with zero attached hydrogens (tertiary/aromatic N) is 6. The minimum absolute atomic E-state index is 0.00518. The first kappa shape index (κ1) is 18.8. The van der Waals surface area contributed by atoms with Gasteiger partial charge in [-0.15, -0.1) is 0 Å². The van der Waals surface area contributed by atoms with Gasteiger partial charge in [-0.2, -0.15) is 4.68 Å². The molecule has 10 nitrogen and oxygen atoms in total. The van der Waals surface area contributed by atoms with Gasteiger partial charge in [0, 0.05) is 36.8 Å². The highest BCUT2D eigenvalue weighted by Crippen LogP contribution is 2.13. The summed E-state index contributed by atoms with van der Waals surface area (Å²) in [5, 5.41) is 14.4. The number of aromatic nitrogens is 3. The Kier molecular flexibility index (Phi) is 5.34. The predicted molar refractivity (Wildman–Crippen MR) is 102 cm³/mol. The lowest BCUT2D eigenvalue weighted by Gasteiger charge is -2.34. The summed E-state index contributed by atoms with van der Waals surface area (Å²) < 4.78 is 6.78. The second-order valence-electron chi connectivity index (χ2n) is 6.84. The van der Waals surface area contributed by atoms with Crippen LogP contribution in [0, 0.1) is 10.1 Å². The topological polar surface area (TPSA) is 111 Å². The van der Waals surface area contributed by atoms with E-state index in [9.17, 15) is 14.9 Å². The van der Waals surface area contributed by atoms with Crippen molar-refractivity contribution in [1.82, 2.24) is 24.6 Å². The van der Waals surface area contributed by atoms with Crippen LogP contribution in [0.2, 0.25) is 0 Å². The van der Waals surface area contributed by atoms with E-state index in [0.717, 1.165) is 31.0 Å². The van der Waals surface area contributed by atoms with E-state index in [-0.39, 0.29) is 5.91 Å². The third-order valence-corrected chi connectivity index (χ3v) is 4.85. The lowest BCUT2D eigenvalue weighted by molar-refractivity contribution is -0.394. The Morgan fingerprint density at radius 1 is 1.10 bits per heavy atom. The summed E-state index contributed by atoms with van der Waals surface area (Å²) in [6.45, 7) is 4.05. The second kappa shape index (κ2) is 8.23. The molecule has 0 spiro atoms. The van der Waals surface area contributed by atoms with E-state index >= 15 is 0 Å². The van der Waals surface area contributed by atoms with Crippen LogP contribution in [-0.4, -0.2) is 61.6 Å². The maximum Gasteiger partial charge on any atom is 0.490 e. The predicted octanol–water partition coefficient (Wildman–Crippen LogP) is 1.79. The molecule has 29 heavy (non-hydrogen) atoms. The molecule has 4 rings (SSSR count). The second-order valence-corrected chi connectivity index (χ2v) is 6.84. The standard InChI is InChI=1S/C19H20N6O4/c26-18(23-9-7-22(8-10-23)13-17-2-1-11-29-17)16-5-3-15(4-6-16)12-24-14-20-19(21-24)25(27)28/h1-6,11,14H,7-10,12-13H2. The minimum atomic E-state index is -0.632. The molecule has 0 radical (unpaired) electrons. The molecule has 0 bridgehead atoms. The summed E-state index contributed by atoms with van der Waals surface area (Å²) in [5.41, 5.74) is 1.50. The van der Waals surface area contributed by atoms with E-state index in [0.29, 0.717) is 25.2 Å². The summed E-state index contributed by atoms with van der Waals surface area (Å²) in [7, 11) is 0. The first-order valence-electron chi connectivity index (χ1n) is 9.25. The van der Waals surface area contributed by atoms with Gasteiger partial charge >= 0.3 is 5.95 Å². The van der Waals surface area contributed by atoms with E-state index < -0.39 is 10.9 Å². The van der Waals surface area contributed by atoms with Gasteiger partial charge in [-0.25, -0.2) is 0 Å². The van der Waals surface area contributed by atoms with Crippen molar-refractivity contribution < 1.29 is 14.1 Å². The van der Waals surface area contributed by atoms with Gasteiger partial charge in [-0.3, -0.25) is 9.69 Å². The molecule has 10 heteroatoms. The highest BCUT2D eigenvalue weighted by atomic mass is 16.6. The molecule has 0 saturated carbocycles. The molecule has 0 N–H and O–H groups in total. The summed E-state index contributed by atoms with van der Waals surface area (Å²) in [5.74, 6) is 0.506. The average molecular weight is 396 g/mol. The quantitative estimate of drug-likeness (QED) is 0.461. The van der Waals surface area contributed by atoms with Crippen molar-refractivity contribution in [1.29, 1.82) is 0 Å². The van der Waals surface area contributed by atoms with Crippen molar-refractivity contribution in [3.63, 3.8) is 0 Å². The number of carbonyl (C=O) groups excluding carboxylic acids is 1. The number of rotatable bonds is 6. The zero-order valence-corrected chi connectivity index (χ0v) is 15.7. The monoisotopic (exact) mass is 396 g/mol. The normalized spacial score (nSPS) is 14.8. The molecule has 1 aliphatic heterocycles. The minimum Gasteiger partial charge on any atom is -0.468 e. The van der Waals surface area contributed by atoms with Crippen LogP contribution in [0.1, 0.15) is 21.7 Å². The van der Waals surface area contributed by atoms with E-state index in [1.54, 1.807) is 18.4 Å². The molecule has 2 aromatic heterocycles. The fraction of sp³-hybridized carbons (Fsp3) is 0.316.